The van der Waals surface area contributed by atoms with E-state index in [0.29, 0.717) is 30.7 Å². The summed E-state index contributed by atoms with van der Waals surface area (Å²) in [6, 6.07) is 3.87. The highest BCUT2D eigenvalue weighted by molar-refractivity contribution is 5.97. The number of benzene rings is 1. The Kier molecular flexibility index (Phi) is 8.18. The zero-order valence-electron chi connectivity index (χ0n) is 27.6. The van der Waals surface area contributed by atoms with Crippen molar-refractivity contribution in [3.8, 4) is 11.6 Å². The van der Waals surface area contributed by atoms with E-state index < -0.39 is 5.82 Å². The zero-order chi connectivity index (χ0) is 32.2. The molecule has 0 N–H and O–H groups in total. The van der Waals surface area contributed by atoms with Crippen LogP contribution in [0, 0.1) is 34.4 Å². The third-order valence-corrected chi connectivity index (χ3v) is 11.8. The van der Waals surface area contributed by atoms with Gasteiger partial charge in [-0.1, -0.05) is 0 Å². The minimum absolute atomic E-state index is 0.00586. The summed E-state index contributed by atoms with van der Waals surface area (Å²) in [4.78, 5) is 36.6. The Balaban J connectivity index is 0.970. The average molecular weight is 635 g/mol. The molecule has 1 amide bonds. The number of likely N-dealkylation sites (tertiary alicyclic amines) is 1. The van der Waals surface area contributed by atoms with E-state index in [0.717, 1.165) is 44.9 Å². The van der Waals surface area contributed by atoms with Gasteiger partial charge >= 0.3 is 5.97 Å². The highest BCUT2D eigenvalue weighted by atomic mass is 19.1. The summed E-state index contributed by atoms with van der Waals surface area (Å²) in [6.45, 7) is 13.5. The summed E-state index contributed by atoms with van der Waals surface area (Å²) in [7, 11) is 0. The fourth-order valence-electron chi connectivity index (χ4n) is 9.45. The molecule has 46 heavy (non-hydrogen) atoms. The number of halogens is 1. The van der Waals surface area contributed by atoms with Gasteiger partial charge in [-0.05, 0) is 115 Å². The molecular weight excluding hydrogens is 587 g/mol. The van der Waals surface area contributed by atoms with Crippen LogP contribution in [-0.4, -0.2) is 88.3 Å². The average Bonchev–Trinajstić information content (AvgIpc) is 3.37. The normalized spacial score (nSPS) is 28.6. The summed E-state index contributed by atoms with van der Waals surface area (Å²) in [5.41, 5.74) is 0.520. The first-order valence-electron chi connectivity index (χ1n) is 17.2. The highest BCUT2D eigenvalue weighted by Gasteiger charge is 2.55. The molecular formula is C35H47FN6O4. The van der Waals surface area contributed by atoms with Crippen molar-refractivity contribution in [2.45, 2.75) is 84.7 Å². The highest BCUT2D eigenvalue weighted by Crippen LogP contribution is 2.58. The Morgan fingerprint density at radius 1 is 1.15 bits per heavy atom. The first kappa shape index (κ1) is 31.3. The first-order chi connectivity index (χ1) is 22.0. The van der Waals surface area contributed by atoms with Crippen LogP contribution in [0.4, 0.5) is 10.2 Å². The Morgan fingerprint density at radius 2 is 1.91 bits per heavy atom. The van der Waals surface area contributed by atoms with Crippen molar-refractivity contribution in [3.05, 3.63) is 35.9 Å². The van der Waals surface area contributed by atoms with E-state index in [2.05, 4.69) is 25.0 Å². The second kappa shape index (κ2) is 12.0. The van der Waals surface area contributed by atoms with E-state index in [1.54, 1.807) is 4.90 Å². The number of fused-ring (bicyclic) bond motifs is 2. The number of esters is 1. The lowest BCUT2D eigenvalue weighted by Crippen LogP contribution is -2.61. The minimum atomic E-state index is -0.503. The summed E-state index contributed by atoms with van der Waals surface area (Å²) >= 11 is 0. The lowest BCUT2D eigenvalue weighted by molar-refractivity contribution is -0.137. The van der Waals surface area contributed by atoms with E-state index in [9.17, 15) is 14.0 Å². The second-order valence-corrected chi connectivity index (χ2v) is 15.3. The number of hydrogen-bond donors (Lipinski definition) is 0. The van der Waals surface area contributed by atoms with Crippen molar-refractivity contribution in [1.82, 2.24) is 25.0 Å². The maximum atomic E-state index is 14.4. The summed E-state index contributed by atoms with van der Waals surface area (Å²) in [5, 5.41) is 8.21. The standard InChI is InChI=1S/C35H47FN6O4/c1-22(2)42(23(3)4)33(44)28-14-27(36)7-8-29(28)46-32-31(37-21-38-39-32)41-18-34(19-41)9-11-40(12-10-34)17-25-13-26-6-5-24(25)15-35(26)16-30(43)45-20-35/h7-8,14,21-26H,5-6,9-13,15-20H2,1-4H3/t24-,25+,26?,35?/m0/s1. The third kappa shape index (κ3) is 5.73. The van der Waals surface area contributed by atoms with Gasteiger partial charge in [-0.25, -0.2) is 9.37 Å². The van der Waals surface area contributed by atoms with Crippen LogP contribution < -0.4 is 9.64 Å². The molecule has 2 aromatic rings. The molecule has 3 saturated carbocycles. The number of anilines is 1. The van der Waals surface area contributed by atoms with E-state index >= 15 is 0 Å². The number of carbonyl (C=O) groups is 2. The van der Waals surface area contributed by atoms with Gasteiger partial charge in [0.1, 0.15) is 17.9 Å². The van der Waals surface area contributed by atoms with Gasteiger partial charge in [0.25, 0.3) is 11.8 Å². The van der Waals surface area contributed by atoms with Crippen molar-refractivity contribution >= 4 is 17.7 Å². The van der Waals surface area contributed by atoms with Crippen molar-refractivity contribution in [2.24, 2.45) is 28.6 Å². The van der Waals surface area contributed by atoms with Crippen LogP contribution in [0.3, 0.4) is 0 Å². The number of rotatable bonds is 8. The molecule has 3 aliphatic heterocycles. The quantitative estimate of drug-likeness (QED) is 0.357. The minimum Gasteiger partial charge on any atom is -0.465 e. The third-order valence-electron chi connectivity index (χ3n) is 11.8. The topological polar surface area (TPSA) is 101 Å². The lowest BCUT2D eigenvalue weighted by Gasteiger charge is -2.56. The molecule has 0 radical (unpaired) electrons. The number of hydrogen-bond acceptors (Lipinski definition) is 9. The van der Waals surface area contributed by atoms with E-state index in [1.165, 1.54) is 56.8 Å². The van der Waals surface area contributed by atoms with Crippen LogP contribution in [0.1, 0.15) is 83.0 Å². The second-order valence-electron chi connectivity index (χ2n) is 15.3. The number of ether oxygens (including phenoxy) is 2. The van der Waals surface area contributed by atoms with Gasteiger partial charge in [0, 0.05) is 42.5 Å². The van der Waals surface area contributed by atoms with Crippen molar-refractivity contribution in [3.63, 3.8) is 0 Å². The Bertz CT molecular complexity index is 1460. The SMILES string of the molecule is CC(C)N(C(=O)c1cc(F)ccc1Oc1nncnc1N1CC2(CCN(C[C@H]3CC4CC[C@H]3CC43COC(=O)C3)CC2)C1)C(C)C. The zero-order valence-corrected chi connectivity index (χ0v) is 27.6. The van der Waals surface area contributed by atoms with Gasteiger partial charge in [-0.3, -0.25) is 9.59 Å². The molecule has 8 rings (SSSR count). The van der Waals surface area contributed by atoms with Gasteiger partial charge < -0.3 is 24.2 Å². The molecule has 4 atom stereocenters. The van der Waals surface area contributed by atoms with Crippen LogP contribution in [0.5, 0.6) is 11.6 Å². The molecule has 10 nitrogen and oxygen atoms in total. The fourth-order valence-corrected chi connectivity index (χ4v) is 9.45. The first-order valence-corrected chi connectivity index (χ1v) is 17.2. The Labute approximate surface area is 271 Å². The largest absolute Gasteiger partial charge is 0.465 e. The van der Waals surface area contributed by atoms with Crippen molar-refractivity contribution in [1.29, 1.82) is 0 Å². The Hall–Kier alpha value is -3.34. The van der Waals surface area contributed by atoms with Crippen LogP contribution >= 0.6 is 0 Å². The molecule has 6 fully saturated rings. The van der Waals surface area contributed by atoms with Crippen molar-refractivity contribution < 1.29 is 23.5 Å². The monoisotopic (exact) mass is 634 g/mol. The molecule has 3 saturated heterocycles. The van der Waals surface area contributed by atoms with E-state index in [4.69, 9.17) is 9.47 Å². The van der Waals surface area contributed by atoms with Gasteiger partial charge in [0.2, 0.25) is 0 Å². The molecule has 1 aromatic heterocycles. The molecule has 2 spiro atoms. The number of cyclic esters (lactones) is 1. The van der Waals surface area contributed by atoms with Crippen LogP contribution in [0.15, 0.2) is 24.5 Å². The van der Waals surface area contributed by atoms with Gasteiger partial charge in [-0.15, -0.1) is 10.2 Å². The predicted octanol–water partition coefficient (Wildman–Crippen LogP) is 5.33. The summed E-state index contributed by atoms with van der Waals surface area (Å²) < 4.78 is 26.0. The maximum Gasteiger partial charge on any atom is 0.306 e. The number of nitrogens with zero attached hydrogens (tertiary/aromatic N) is 6. The molecule has 11 heteroatoms. The maximum absolute atomic E-state index is 14.4. The number of piperidine rings is 1. The lowest BCUT2D eigenvalue weighted by atomic mass is 9.52. The van der Waals surface area contributed by atoms with Crippen LogP contribution in [0.2, 0.25) is 0 Å². The van der Waals surface area contributed by atoms with E-state index in [-0.39, 0.29) is 52.0 Å². The summed E-state index contributed by atoms with van der Waals surface area (Å²) in [6.07, 6.45) is 9.31. The number of amides is 1. The van der Waals surface area contributed by atoms with Gasteiger partial charge in [0.15, 0.2) is 5.82 Å². The molecule has 4 heterocycles. The molecule has 1 aromatic carbocycles. The number of carbonyl (C=O) groups excluding carboxylic acids is 2. The molecule has 248 valence electrons. The van der Waals surface area contributed by atoms with Crippen LogP contribution in [-0.2, 0) is 9.53 Å². The smallest absolute Gasteiger partial charge is 0.306 e. The predicted molar refractivity (Wildman–Crippen MR) is 170 cm³/mol. The number of aromatic nitrogens is 3. The molecule has 6 aliphatic rings. The molecule has 2 unspecified atom stereocenters. The summed E-state index contributed by atoms with van der Waals surface area (Å²) in [5.74, 6) is 2.34. The van der Waals surface area contributed by atoms with E-state index in [1.807, 2.05) is 27.7 Å². The van der Waals surface area contributed by atoms with Gasteiger partial charge in [0.05, 0.1) is 18.6 Å². The molecule has 2 bridgehead atoms. The molecule has 3 aliphatic carbocycles. The van der Waals surface area contributed by atoms with Crippen molar-refractivity contribution in [2.75, 3.05) is 44.2 Å². The van der Waals surface area contributed by atoms with Gasteiger partial charge in [-0.2, -0.15) is 0 Å². The fraction of sp³-hybridized carbons (Fsp3) is 0.686. The Morgan fingerprint density at radius 3 is 2.57 bits per heavy atom. The van der Waals surface area contributed by atoms with Crippen LogP contribution in [0.25, 0.3) is 0 Å².